The number of alkyl halides is 2. The highest BCUT2D eigenvalue weighted by molar-refractivity contribution is 6.53. The van der Waals surface area contributed by atoms with Gasteiger partial charge in [-0.25, -0.2) is 0 Å². The smallest absolute Gasteiger partial charge is 0.315 e. The van der Waals surface area contributed by atoms with E-state index in [2.05, 4.69) is 0 Å². The predicted octanol–water partition coefficient (Wildman–Crippen LogP) is 3.01. The van der Waals surface area contributed by atoms with Crippen LogP contribution in [0, 0.1) is 5.41 Å². The van der Waals surface area contributed by atoms with E-state index in [0.29, 0.717) is 17.9 Å². The molecule has 2 rings (SSSR count). The second-order valence-corrected chi connectivity index (χ2v) is 6.76. The number of esters is 1. The number of methoxy groups -OCH3 is 2. The topological polar surface area (TPSA) is 61.8 Å². The molecule has 1 unspecified atom stereocenters. The van der Waals surface area contributed by atoms with Crippen LogP contribution in [0.3, 0.4) is 0 Å². The number of ether oxygens (including phenoxy) is 3. The number of Topliss-reactive ketones (excluding diaryl/α,β-unsaturated/α-hetero) is 1. The molecule has 1 aliphatic carbocycles. The minimum Gasteiger partial charge on any atom is -0.497 e. The molecule has 1 aromatic carbocycles. The van der Waals surface area contributed by atoms with Gasteiger partial charge in [0, 0.05) is 6.42 Å². The van der Waals surface area contributed by atoms with Crippen LogP contribution in [-0.2, 0) is 9.53 Å². The van der Waals surface area contributed by atoms with Crippen LogP contribution in [0.1, 0.15) is 23.7 Å². The molecule has 1 aromatic rings. The molecule has 0 N–H and O–H groups in total. The van der Waals surface area contributed by atoms with Crippen molar-refractivity contribution in [2.45, 2.75) is 17.7 Å². The zero-order valence-corrected chi connectivity index (χ0v) is 14.0. The lowest BCUT2D eigenvalue weighted by Gasteiger charge is -2.13. The summed E-state index contributed by atoms with van der Waals surface area (Å²) in [5, 5.41) is 0. The molecular weight excluding hydrogens is 331 g/mol. The Morgan fingerprint density at radius 3 is 2.36 bits per heavy atom. The van der Waals surface area contributed by atoms with E-state index in [1.165, 1.54) is 20.3 Å². The van der Waals surface area contributed by atoms with Gasteiger partial charge in [-0.15, -0.1) is 23.2 Å². The van der Waals surface area contributed by atoms with E-state index in [1.807, 2.05) is 0 Å². The third-order valence-corrected chi connectivity index (χ3v) is 4.85. The average molecular weight is 347 g/mol. The van der Waals surface area contributed by atoms with Gasteiger partial charge in [0.1, 0.15) is 21.2 Å². The van der Waals surface area contributed by atoms with Crippen molar-refractivity contribution in [3.05, 3.63) is 23.8 Å². The van der Waals surface area contributed by atoms with E-state index in [9.17, 15) is 9.59 Å². The van der Waals surface area contributed by atoms with E-state index in [4.69, 9.17) is 37.4 Å². The summed E-state index contributed by atoms with van der Waals surface area (Å²) < 4.78 is 14.1. The van der Waals surface area contributed by atoms with Crippen LogP contribution in [-0.4, -0.2) is 36.9 Å². The monoisotopic (exact) mass is 346 g/mol. The summed E-state index contributed by atoms with van der Waals surface area (Å²) in [6.45, 7) is 1.19. The van der Waals surface area contributed by atoms with Crippen LogP contribution in [0.2, 0.25) is 0 Å². The van der Waals surface area contributed by atoms with Crippen LogP contribution in [0.25, 0.3) is 0 Å². The van der Waals surface area contributed by atoms with Gasteiger partial charge in [-0.1, -0.05) is 0 Å². The number of halogens is 2. The Labute approximate surface area is 138 Å². The summed E-state index contributed by atoms with van der Waals surface area (Å²) in [6, 6.07) is 4.81. The molecule has 5 nitrogen and oxygen atoms in total. The first-order valence-electron chi connectivity index (χ1n) is 6.55. The lowest BCUT2D eigenvalue weighted by molar-refractivity contribution is -0.148. The van der Waals surface area contributed by atoms with E-state index >= 15 is 0 Å². The van der Waals surface area contributed by atoms with Crippen LogP contribution >= 0.6 is 23.2 Å². The van der Waals surface area contributed by atoms with Crippen LogP contribution in [0.5, 0.6) is 11.5 Å². The van der Waals surface area contributed by atoms with E-state index in [0.717, 1.165) is 0 Å². The minimum absolute atomic E-state index is 0.276. The summed E-state index contributed by atoms with van der Waals surface area (Å²) >= 11 is 11.8. The fraction of sp³-hybridized carbons (Fsp3) is 0.467. The van der Waals surface area contributed by atoms with E-state index in [-0.39, 0.29) is 5.56 Å². The molecule has 22 heavy (non-hydrogen) atoms. The Bertz CT molecular complexity index is 614. The van der Waals surface area contributed by atoms with Crippen molar-refractivity contribution in [3.63, 3.8) is 0 Å². The Balaban J connectivity index is 2.05. The molecule has 1 fully saturated rings. The standard InChI is InChI=1S/C15H16Cl2O5/c1-14(8-15(14,16)17)13(19)22-7-11(18)10-6-9(20-2)4-5-12(10)21-3/h4-6H,7-8H2,1-3H3. The zero-order chi connectivity index (χ0) is 16.5. The molecule has 0 aromatic heterocycles. The average Bonchev–Trinajstić information content (AvgIpc) is 3.03. The molecule has 0 radical (unpaired) electrons. The van der Waals surface area contributed by atoms with Crippen molar-refractivity contribution < 1.29 is 23.8 Å². The molecule has 0 bridgehead atoms. The zero-order valence-electron chi connectivity index (χ0n) is 12.4. The van der Waals surface area contributed by atoms with Crippen molar-refractivity contribution in [2.75, 3.05) is 20.8 Å². The van der Waals surface area contributed by atoms with Crippen molar-refractivity contribution in [1.82, 2.24) is 0 Å². The molecule has 1 aliphatic rings. The number of hydrogen-bond acceptors (Lipinski definition) is 5. The fourth-order valence-corrected chi connectivity index (χ4v) is 2.71. The molecule has 120 valence electrons. The number of hydrogen-bond donors (Lipinski definition) is 0. The Kier molecular flexibility index (Phi) is 4.59. The molecule has 1 atom stereocenters. The minimum atomic E-state index is -1.12. The third-order valence-electron chi connectivity index (χ3n) is 3.75. The summed E-state index contributed by atoms with van der Waals surface area (Å²) in [6.07, 6.45) is 0.304. The van der Waals surface area contributed by atoms with Crippen LogP contribution in [0.15, 0.2) is 18.2 Å². The van der Waals surface area contributed by atoms with Gasteiger partial charge in [0.05, 0.1) is 19.8 Å². The summed E-state index contributed by atoms with van der Waals surface area (Å²) in [5.41, 5.74) is -0.687. The lowest BCUT2D eigenvalue weighted by atomic mass is 10.1. The van der Waals surface area contributed by atoms with Gasteiger partial charge in [-0.3, -0.25) is 9.59 Å². The summed E-state index contributed by atoms with van der Waals surface area (Å²) in [5.74, 6) is -0.107. The van der Waals surface area contributed by atoms with Crippen LogP contribution < -0.4 is 9.47 Å². The van der Waals surface area contributed by atoms with Gasteiger partial charge in [0.2, 0.25) is 5.78 Å². The number of benzene rings is 1. The number of carbonyl (C=O) groups excluding carboxylic acids is 2. The van der Waals surface area contributed by atoms with Gasteiger partial charge in [0.15, 0.2) is 6.61 Å². The molecular formula is C15H16Cl2O5. The first kappa shape index (κ1) is 16.9. The molecule has 0 amide bonds. The summed E-state index contributed by atoms with van der Waals surface area (Å²) in [4.78, 5) is 24.2. The first-order chi connectivity index (χ1) is 10.2. The van der Waals surface area contributed by atoms with Gasteiger partial charge < -0.3 is 14.2 Å². The van der Waals surface area contributed by atoms with Gasteiger partial charge >= 0.3 is 5.97 Å². The van der Waals surface area contributed by atoms with Crippen molar-refractivity contribution in [1.29, 1.82) is 0 Å². The molecule has 1 saturated carbocycles. The normalized spacial score (nSPS) is 21.9. The van der Waals surface area contributed by atoms with Crippen molar-refractivity contribution >= 4 is 35.0 Å². The van der Waals surface area contributed by atoms with Gasteiger partial charge in [-0.2, -0.15) is 0 Å². The molecule has 0 spiro atoms. The SMILES string of the molecule is COc1ccc(OC)c(C(=O)COC(=O)C2(C)CC2(Cl)Cl)c1. The quantitative estimate of drug-likeness (QED) is 0.450. The van der Waals surface area contributed by atoms with Crippen molar-refractivity contribution in [2.24, 2.45) is 5.41 Å². The lowest BCUT2D eigenvalue weighted by Crippen LogP contribution is -2.24. The number of carbonyl (C=O) groups is 2. The summed E-state index contributed by atoms with van der Waals surface area (Å²) in [7, 11) is 2.94. The van der Waals surface area contributed by atoms with Gasteiger partial charge in [-0.05, 0) is 25.1 Å². The maximum atomic E-state index is 12.2. The maximum absolute atomic E-state index is 12.2. The highest BCUT2D eigenvalue weighted by atomic mass is 35.5. The molecule has 0 aliphatic heterocycles. The number of rotatable bonds is 6. The highest BCUT2D eigenvalue weighted by Crippen LogP contribution is 2.64. The Hall–Kier alpha value is -1.46. The predicted molar refractivity (Wildman–Crippen MR) is 82.0 cm³/mol. The second-order valence-electron chi connectivity index (χ2n) is 5.28. The van der Waals surface area contributed by atoms with E-state index < -0.39 is 28.1 Å². The van der Waals surface area contributed by atoms with Crippen molar-refractivity contribution in [3.8, 4) is 11.5 Å². The highest BCUT2D eigenvalue weighted by Gasteiger charge is 2.69. The molecule has 7 heteroatoms. The second kappa shape index (κ2) is 5.97. The molecule has 0 heterocycles. The largest absolute Gasteiger partial charge is 0.497 e. The van der Waals surface area contributed by atoms with Gasteiger partial charge in [0.25, 0.3) is 0 Å². The molecule has 0 saturated heterocycles. The number of ketones is 1. The first-order valence-corrected chi connectivity index (χ1v) is 7.31. The Morgan fingerprint density at radius 2 is 1.86 bits per heavy atom. The fourth-order valence-electron chi connectivity index (χ4n) is 2.02. The third kappa shape index (κ3) is 3.01. The maximum Gasteiger partial charge on any atom is 0.315 e. The Morgan fingerprint density at radius 1 is 1.23 bits per heavy atom. The van der Waals surface area contributed by atoms with Crippen LogP contribution in [0.4, 0.5) is 0 Å². The van der Waals surface area contributed by atoms with E-state index in [1.54, 1.807) is 19.1 Å².